The lowest BCUT2D eigenvalue weighted by atomic mass is 10.0. The van der Waals surface area contributed by atoms with E-state index >= 15 is 0 Å². The van der Waals surface area contributed by atoms with Crippen molar-refractivity contribution >= 4 is 34.3 Å². The van der Waals surface area contributed by atoms with Gasteiger partial charge in [0.05, 0.1) is 11.4 Å². The molecular weight excluding hydrogens is 512 g/mol. The summed E-state index contributed by atoms with van der Waals surface area (Å²) in [6.45, 7) is 12.3. The van der Waals surface area contributed by atoms with Crippen molar-refractivity contribution in [3.8, 4) is 11.3 Å². The Kier molecular flexibility index (Phi) is 8.21. The summed E-state index contributed by atoms with van der Waals surface area (Å²) in [5.74, 6) is 0.216. The molecule has 0 atom stereocenters. The highest BCUT2D eigenvalue weighted by atomic mass is 16.5. The van der Waals surface area contributed by atoms with Gasteiger partial charge >= 0.3 is 0 Å². The predicted molar refractivity (Wildman–Crippen MR) is 168 cm³/mol. The first-order valence-electron chi connectivity index (χ1n) is 13.8. The largest absolute Gasteiger partial charge is 0.372 e. The summed E-state index contributed by atoms with van der Waals surface area (Å²) in [5.41, 5.74) is 10.2. The topological polar surface area (TPSA) is 94.4 Å². The van der Waals surface area contributed by atoms with Crippen LogP contribution in [0, 0.1) is 6.92 Å². The van der Waals surface area contributed by atoms with Crippen molar-refractivity contribution in [1.29, 1.82) is 0 Å². The van der Waals surface area contributed by atoms with Crippen molar-refractivity contribution in [3.05, 3.63) is 113 Å². The number of hydroxylamine groups is 1. The fourth-order valence-corrected chi connectivity index (χ4v) is 5.08. The Bertz CT molecular complexity index is 1620. The summed E-state index contributed by atoms with van der Waals surface area (Å²) in [6, 6.07) is 21.7. The minimum atomic E-state index is -0.243. The summed E-state index contributed by atoms with van der Waals surface area (Å²) in [4.78, 5) is 20.1. The third kappa shape index (κ3) is 6.18. The number of nitrogens with zero attached hydrogens (tertiary/aromatic N) is 3. The predicted octanol–water partition coefficient (Wildman–Crippen LogP) is 6.52. The second-order valence-corrected chi connectivity index (χ2v) is 10.4. The molecule has 1 aromatic heterocycles. The molecule has 0 amide bonds. The molecule has 1 saturated heterocycles. The van der Waals surface area contributed by atoms with Crippen LogP contribution in [0.15, 0.2) is 90.9 Å². The number of benzene rings is 3. The molecule has 0 saturated carbocycles. The van der Waals surface area contributed by atoms with E-state index in [2.05, 4.69) is 53.0 Å². The molecule has 0 aliphatic carbocycles. The summed E-state index contributed by atoms with van der Waals surface area (Å²) in [5, 5.41) is 15.7. The van der Waals surface area contributed by atoms with Crippen molar-refractivity contribution in [2.24, 2.45) is 7.05 Å². The monoisotopic (exact) mass is 548 g/mol. The van der Waals surface area contributed by atoms with Crippen LogP contribution in [0.25, 0.3) is 22.7 Å². The minimum Gasteiger partial charge on any atom is -0.372 e. The molecule has 8 heteroatoms. The SMILES string of the molecule is C=C(NO)c1ccc(Nc2nc(-c3cccc(NC(=C)c4ccc(N5CCCCC5)cc4)c3C)cn(C)c2=O)cc1. The zero-order valence-electron chi connectivity index (χ0n) is 23.6. The van der Waals surface area contributed by atoms with E-state index in [-0.39, 0.29) is 11.4 Å². The lowest BCUT2D eigenvalue weighted by molar-refractivity contribution is 0.225. The van der Waals surface area contributed by atoms with Gasteiger partial charge in [-0.1, -0.05) is 49.6 Å². The maximum absolute atomic E-state index is 12.9. The Morgan fingerprint density at radius 2 is 1.56 bits per heavy atom. The van der Waals surface area contributed by atoms with Crippen LogP contribution >= 0.6 is 0 Å². The van der Waals surface area contributed by atoms with Gasteiger partial charge in [-0.25, -0.2) is 4.98 Å². The highest BCUT2D eigenvalue weighted by Crippen LogP contribution is 2.30. The number of piperidine rings is 1. The van der Waals surface area contributed by atoms with Gasteiger partial charge in [-0.05, 0) is 73.2 Å². The van der Waals surface area contributed by atoms with Crippen molar-refractivity contribution in [1.82, 2.24) is 15.0 Å². The molecule has 41 heavy (non-hydrogen) atoms. The van der Waals surface area contributed by atoms with Gasteiger partial charge in [0, 0.05) is 54.7 Å². The number of aromatic nitrogens is 2. The number of hydrogen-bond donors (Lipinski definition) is 4. The van der Waals surface area contributed by atoms with Crippen molar-refractivity contribution < 1.29 is 5.21 Å². The van der Waals surface area contributed by atoms with Gasteiger partial charge < -0.3 is 20.1 Å². The molecule has 1 aliphatic heterocycles. The summed E-state index contributed by atoms with van der Waals surface area (Å²) in [7, 11) is 1.71. The summed E-state index contributed by atoms with van der Waals surface area (Å²) < 4.78 is 1.53. The van der Waals surface area contributed by atoms with Crippen LogP contribution in [-0.4, -0.2) is 27.8 Å². The minimum absolute atomic E-state index is 0.216. The van der Waals surface area contributed by atoms with E-state index < -0.39 is 0 Å². The van der Waals surface area contributed by atoms with Crippen LogP contribution in [0.1, 0.15) is 36.0 Å². The van der Waals surface area contributed by atoms with E-state index in [4.69, 9.17) is 10.2 Å². The van der Waals surface area contributed by atoms with Crippen LogP contribution in [0.5, 0.6) is 0 Å². The molecular formula is C33H36N6O2. The van der Waals surface area contributed by atoms with Gasteiger partial charge in [-0.15, -0.1) is 0 Å². The molecule has 4 aromatic rings. The second kappa shape index (κ2) is 12.1. The van der Waals surface area contributed by atoms with Crippen LogP contribution in [0.3, 0.4) is 0 Å². The van der Waals surface area contributed by atoms with Gasteiger partial charge in [0.15, 0.2) is 5.82 Å². The molecule has 0 radical (unpaired) electrons. The number of aryl methyl sites for hydroxylation is 1. The molecule has 0 unspecified atom stereocenters. The Morgan fingerprint density at radius 1 is 0.902 bits per heavy atom. The van der Waals surface area contributed by atoms with E-state index in [1.54, 1.807) is 37.5 Å². The first-order valence-corrected chi connectivity index (χ1v) is 13.8. The standard InChI is InChI=1S/C33H36N6O2/c1-22-29(31-21-38(4)33(40)32(36-31)35-27-15-11-26(12-16-27)24(3)37-41)9-8-10-30(22)34-23(2)25-13-17-28(18-14-25)39-19-6-5-7-20-39/h8-18,21,34,37,41H,2-3,5-7,19-20H2,1,4H3,(H,35,36). The highest BCUT2D eigenvalue weighted by molar-refractivity contribution is 5.81. The second-order valence-electron chi connectivity index (χ2n) is 10.4. The molecule has 1 fully saturated rings. The summed E-state index contributed by atoms with van der Waals surface area (Å²) in [6.07, 6.45) is 5.56. The maximum Gasteiger partial charge on any atom is 0.293 e. The Morgan fingerprint density at radius 3 is 2.24 bits per heavy atom. The third-order valence-corrected chi connectivity index (χ3v) is 7.53. The molecule has 8 nitrogen and oxygen atoms in total. The van der Waals surface area contributed by atoms with E-state index in [0.717, 1.165) is 46.7 Å². The number of hydrogen-bond acceptors (Lipinski definition) is 7. The van der Waals surface area contributed by atoms with Crippen molar-refractivity contribution in [2.45, 2.75) is 26.2 Å². The fourth-order valence-electron chi connectivity index (χ4n) is 5.08. The van der Waals surface area contributed by atoms with Gasteiger partial charge in [0.1, 0.15) is 0 Å². The van der Waals surface area contributed by atoms with E-state index in [1.165, 1.54) is 29.5 Å². The van der Waals surface area contributed by atoms with Gasteiger partial charge in [-0.3, -0.25) is 15.5 Å². The maximum atomic E-state index is 12.9. The van der Waals surface area contributed by atoms with Gasteiger partial charge in [0.2, 0.25) is 0 Å². The molecule has 210 valence electrons. The molecule has 2 heterocycles. The fraction of sp³-hybridized carbons (Fsp3) is 0.212. The first kappa shape index (κ1) is 27.7. The van der Waals surface area contributed by atoms with Gasteiger partial charge in [0.25, 0.3) is 5.56 Å². The van der Waals surface area contributed by atoms with Crippen LogP contribution in [0.2, 0.25) is 0 Å². The lowest BCUT2D eigenvalue weighted by Gasteiger charge is -2.29. The number of anilines is 4. The van der Waals surface area contributed by atoms with Crippen LogP contribution in [0.4, 0.5) is 22.9 Å². The van der Waals surface area contributed by atoms with Crippen LogP contribution < -0.4 is 26.6 Å². The average molecular weight is 549 g/mol. The van der Waals surface area contributed by atoms with E-state index in [1.807, 2.05) is 30.6 Å². The quantitative estimate of drug-likeness (QED) is 0.177. The zero-order valence-corrected chi connectivity index (χ0v) is 23.6. The van der Waals surface area contributed by atoms with Crippen LogP contribution in [-0.2, 0) is 7.05 Å². The van der Waals surface area contributed by atoms with E-state index in [9.17, 15) is 4.79 Å². The van der Waals surface area contributed by atoms with E-state index in [0.29, 0.717) is 17.1 Å². The third-order valence-electron chi connectivity index (χ3n) is 7.53. The van der Waals surface area contributed by atoms with Crippen molar-refractivity contribution in [2.75, 3.05) is 28.6 Å². The molecule has 0 spiro atoms. The molecule has 3 aromatic carbocycles. The summed E-state index contributed by atoms with van der Waals surface area (Å²) >= 11 is 0. The molecule has 0 bridgehead atoms. The molecule has 5 rings (SSSR count). The number of rotatable bonds is 9. The molecule has 1 aliphatic rings. The Hall–Kier alpha value is -4.82. The lowest BCUT2D eigenvalue weighted by Crippen LogP contribution is -2.29. The van der Waals surface area contributed by atoms with Crippen molar-refractivity contribution in [3.63, 3.8) is 0 Å². The average Bonchev–Trinajstić information content (AvgIpc) is 3.01. The Balaban J connectivity index is 1.36. The van der Waals surface area contributed by atoms with Gasteiger partial charge in [-0.2, -0.15) is 0 Å². The first-order chi connectivity index (χ1) is 19.8. The zero-order chi connectivity index (χ0) is 28.9. The normalized spacial score (nSPS) is 13.0. The number of nitrogens with one attached hydrogen (secondary N) is 3. The Labute approximate surface area is 240 Å². The highest BCUT2D eigenvalue weighted by Gasteiger charge is 2.14. The molecule has 4 N–H and O–H groups in total. The smallest absolute Gasteiger partial charge is 0.293 e.